The van der Waals surface area contributed by atoms with E-state index in [1.807, 2.05) is 0 Å². The molecule has 0 aromatic rings. The van der Waals surface area contributed by atoms with Gasteiger partial charge in [0, 0.05) is 52.9 Å². The molecule has 0 unspecified atom stereocenters. The first-order valence-corrected chi connectivity index (χ1v) is 24.3. The molecule has 0 aliphatic carbocycles. The smallest absolute Gasteiger partial charge is 0.0466 e. The van der Waals surface area contributed by atoms with Crippen molar-refractivity contribution in [2.45, 2.75) is 257 Å². The summed E-state index contributed by atoms with van der Waals surface area (Å²) in [6, 6.07) is 0. The van der Waals surface area contributed by atoms with E-state index >= 15 is 0 Å². The topological polar surface area (TPSA) is 36.9 Å². The summed E-state index contributed by atoms with van der Waals surface area (Å²) in [5.41, 5.74) is 0. The van der Waals surface area contributed by atoms with Crippen LogP contribution >= 0.6 is 0 Å². The molecule has 0 aromatic carbocycles. The molecule has 52 heavy (non-hydrogen) atoms. The summed E-state index contributed by atoms with van der Waals surface area (Å²) < 4.78 is 23.6. The summed E-state index contributed by atoms with van der Waals surface area (Å²) in [7, 11) is 0. The minimum Gasteiger partial charge on any atom is -0.381 e. The highest BCUT2D eigenvalue weighted by molar-refractivity contribution is 4.53. The van der Waals surface area contributed by atoms with Crippen molar-refractivity contribution in [3.63, 3.8) is 0 Å². The summed E-state index contributed by atoms with van der Waals surface area (Å²) >= 11 is 0. The lowest BCUT2D eigenvalue weighted by Crippen LogP contribution is -1.97. The van der Waals surface area contributed by atoms with Gasteiger partial charge in [0.15, 0.2) is 0 Å². The average molecular weight is 737 g/mol. The van der Waals surface area contributed by atoms with Crippen LogP contribution in [0, 0.1) is 0 Å². The maximum absolute atomic E-state index is 5.91. The van der Waals surface area contributed by atoms with Gasteiger partial charge >= 0.3 is 0 Å². The molecule has 0 saturated carbocycles. The van der Waals surface area contributed by atoms with E-state index in [0.717, 1.165) is 52.9 Å². The second-order valence-corrected chi connectivity index (χ2v) is 16.6. The third-order valence-electron chi connectivity index (χ3n) is 11.3. The lowest BCUT2D eigenvalue weighted by molar-refractivity contribution is 0.125. The van der Waals surface area contributed by atoms with Crippen LogP contribution in [0.3, 0.4) is 0 Å². The largest absolute Gasteiger partial charge is 0.381 e. The molecular weight excluding hydrogens is 641 g/mol. The molecule has 0 radical (unpaired) electrons. The minimum absolute atomic E-state index is 0.976. The van der Waals surface area contributed by atoms with Gasteiger partial charge < -0.3 is 18.9 Å². The average Bonchev–Trinajstić information content (AvgIpc) is 3.15. The van der Waals surface area contributed by atoms with Crippen LogP contribution in [0.15, 0.2) is 0 Å². The fourth-order valence-electron chi connectivity index (χ4n) is 7.70. The lowest BCUT2D eigenvalue weighted by atomic mass is 10.1. The normalized spacial score (nSPS) is 24.0. The summed E-state index contributed by atoms with van der Waals surface area (Å²) in [5, 5.41) is 0. The maximum atomic E-state index is 5.91. The Morgan fingerprint density at radius 2 is 0.173 bits per heavy atom. The molecule has 0 N–H and O–H groups in total. The highest BCUT2D eigenvalue weighted by Gasteiger charge is 1.99. The van der Waals surface area contributed by atoms with Crippen LogP contribution in [0.5, 0.6) is 0 Å². The molecule has 0 aromatic heterocycles. The van der Waals surface area contributed by atoms with Gasteiger partial charge in [0.05, 0.1) is 0 Å². The van der Waals surface area contributed by atoms with Crippen LogP contribution in [0.25, 0.3) is 0 Å². The zero-order valence-corrected chi connectivity index (χ0v) is 35.6. The van der Waals surface area contributed by atoms with E-state index in [9.17, 15) is 0 Å². The van der Waals surface area contributed by atoms with E-state index in [0.29, 0.717) is 0 Å². The van der Waals surface area contributed by atoms with Gasteiger partial charge in [0.1, 0.15) is 0 Å². The van der Waals surface area contributed by atoms with Gasteiger partial charge in [-0.15, -0.1) is 0 Å². The van der Waals surface area contributed by atoms with Crippen LogP contribution in [-0.2, 0) is 18.9 Å². The van der Waals surface area contributed by atoms with Crippen molar-refractivity contribution >= 4 is 0 Å². The number of ether oxygens (including phenoxy) is 4. The standard InChI is InChI=1S/C48H96O4/c1-2-10-18-26-34-42-50-44-36-28-20-12-5-6-14-22-30-38-46-52-48-40-32-24-16-8-7-15-23-31-39-47-51-45-37-29-21-13-4-3-11-19-27-35-43-49-41-33-25-17-9-1/h1-48H2. The van der Waals surface area contributed by atoms with E-state index in [1.54, 1.807) is 0 Å². The molecule has 312 valence electrons. The summed E-state index contributed by atoms with van der Waals surface area (Å²) in [4.78, 5) is 0. The number of rotatable bonds is 0. The molecule has 1 rings (SSSR count). The van der Waals surface area contributed by atoms with Crippen molar-refractivity contribution in [2.24, 2.45) is 0 Å². The summed E-state index contributed by atoms with van der Waals surface area (Å²) in [6.45, 7) is 7.81. The Labute approximate surface area is 327 Å². The van der Waals surface area contributed by atoms with Gasteiger partial charge in [0.2, 0.25) is 0 Å². The molecule has 1 fully saturated rings. The van der Waals surface area contributed by atoms with Crippen LogP contribution < -0.4 is 0 Å². The fraction of sp³-hybridized carbons (Fsp3) is 1.00. The Hall–Kier alpha value is -0.160. The molecule has 1 aliphatic rings. The fourth-order valence-corrected chi connectivity index (χ4v) is 7.70. The Morgan fingerprint density at radius 1 is 0.0962 bits per heavy atom. The molecule has 0 bridgehead atoms. The first kappa shape index (κ1) is 49.9. The Balaban J connectivity index is 2.00. The first-order valence-electron chi connectivity index (χ1n) is 24.3. The third kappa shape index (κ3) is 44.2. The van der Waals surface area contributed by atoms with Gasteiger partial charge in [-0.1, -0.05) is 205 Å². The highest BCUT2D eigenvalue weighted by Crippen LogP contribution is 2.15. The Bertz CT molecular complexity index is 317. The van der Waals surface area contributed by atoms with E-state index < -0.39 is 0 Å². The van der Waals surface area contributed by atoms with Gasteiger partial charge in [-0.3, -0.25) is 0 Å². The molecule has 0 spiro atoms. The summed E-state index contributed by atoms with van der Waals surface area (Å²) in [5.74, 6) is 0. The predicted octanol–water partition coefficient (Wildman–Crippen LogP) is 15.7. The van der Waals surface area contributed by atoms with Gasteiger partial charge in [-0.25, -0.2) is 0 Å². The van der Waals surface area contributed by atoms with Crippen LogP contribution in [-0.4, -0.2) is 52.9 Å². The second kappa shape index (κ2) is 47.0. The van der Waals surface area contributed by atoms with Crippen molar-refractivity contribution in [1.29, 1.82) is 0 Å². The van der Waals surface area contributed by atoms with E-state index in [4.69, 9.17) is 18.9 Å². The molecule has 1 heterocycles. The quantitative estimate of drug-likeness (QED) is 0.248. The van der Waals surface area contributed by atoms with Crippen LogP contribution in [0.2, 0.25) is 0 Å². The van der Waals surface area contributed by atoms with Crippen LogP contribution in [0.4, 0.5) is 0 Å². The Kier molecular flexibility index (Phi) is 45.1. The van der Waals surface area contributed by atoms with Crippen LogP contribution in [0.1, 0.15) is 257 Å². The van der Waals surface area contributed by atoms with E-state index in [2.05, 4.69) is 0 Å². The van der Waals surface area contributed by atoms with Crippen molar-refractivity contribution in [2.75, 3.05) is 52.9 Å². The molecule has 1 saturated heterocycles. The lowest BCUT2D eigenvalue weighted by Gasteiger charge is -2.06. The maximum Gasteiger partial charge on any atom is 0.0466 e. The molecule has 4 heteroatoms. The molecular formula is C48H96O4. The van der Waals surface area contributed by atoms with E-state index in [1.165, 1.54) is 257 Å². The minimum atomic E-state index is 0.976. The van der Waals surface area contributed by atoms with Crippen molar-refractivity contribution in [3.8, 4) is 0 Å². The zero-order chi connectivity index (χ0) is 36.8. The van der Waals surface area contributed by atoms with Gasteiger partial charge in [-0.05, 0) is 51.4 Å². The first-order chi connectivity index (χ1) is 26.0. The molecule has 0 amide bonds. The number of hydrogen-bond acceptors (Lipinski definition) is 4. The zero-order valence-electron chi connectivity index (χ0n) is 35.6. The number of hydrogen-bond donors (Lipinski definition) is 0. The summed E-state index contributed by atoms with van der Waals surface area (Å²) in [6.07, 6.45) is 54.6. The second-order valence-electron chi connectivity index (χ2n) is 16.6. The van der Waals surface area contributed by atoms with Gasteiger partial charge in [0.25, 0.3) is 0 Å². The molecule has 1 aliphatic heterocycles. The van der Waals surface area contributed by atoms with Crippen molar-refractivity contribution in [1.82, 2.24) is 0 Å². The predicted molar refractivity (Wildman–Crippen MR) is 228 cm³/mol. The van der Waals surface area contributed by atoms with Gasteiger partial charge in [-0.2, -0.15) is 0 Å². The molecule has 4 nitrogen and oxygen atoms in total. The molecule has 0 atom stereocenters. The third-order valence-corrected chi connectivity index (χ3v) is 11.3. The monoisotopic (exact) mass is 737 g/mol. The highest BCUT2D eigenvalue weighted by atomic mass is 16.5. The van der Waals surface area contributed by atoms with E-state index in [-0.39, 0.29) is 0 Å². The van der Waals surface area contributed by atoms with Crippen molar-refractivity contribution in [3.05, 3.63) is 0 Å². The SMILES string of the molecule is C1CCCCCCOCCCCCCCCCCCCOCCCCCCCCCCCCOCCCCCCCCCCCCOCCCCC1. The Morgan fingerprint density at radius 3 is 0.269 bits per heavy atom. The van der Waals surface area contributed by atoms with Crippen molar-refractivity contribution < 1.29 is 18.9 Å².